The molecule has 0 unspecified atom stereocenters. The zero-order chi connectivity index (χ0) is 9.84. The van der Waals surface area contributed by atoms with Crippen molar-refractivity contribution < 1.29 is 13.9 Å². The van der Waals surface area contributed by atoms with Gasteiger partial charge in [0.05, 0.1) is 5.56 Å². The smallest absolute Gasteiger partial charge is 0.139 e. The van der Waals surface area contributed by atoms with Crippen LogP contribution in [0.1, 0.15) is 11.1 Å². The minimum absolute atomic E-state index is 0.0304. The predicted octanol–water partition coefficient (Wildman–Crippen LogP) is 1.62. The van der Waals surface area contributed by atoms with Gasteiger partial charge in [-0.15, -0.1) is 0 Å². The Morgan fingerprint density at radius 3 is 2.62 bits per heavy atom. The van der Waals surface area contributed by atoms with Crippen LogP contribution in [-0.2, 0) is 0 Å². The van der Waals surface area contributed by atoms with Crippen molar-refractivity contribution >= 4 is 0 Å². The Hall–Kier alpha value is -1.40. The van der Waals surface area contributed by atoms with Crippen LogP contribution in [0.4, 0.5) is 8.78 Å². The van der Waals surface area contributed by atoms with Crippen molar-refractivity contribution in [1.29, 1.82) is 0 Å². The molecule has 1 nitrogen and oxygen atoms in total. The van der Waals surface area contributed by atoms with E-state index in [1.165, 1.54) is 6.92 Å². The van der Waals surface area contributed by atoms with Gasteiger partial charge in [0.15, 0.2) is 0 Å². The Bertz CT molecular complexity index is 374. The van der Waals surface area contributed by atoms with Gasteiger partial charge in [-0.25, -0.2) is 8.78 Å². The second kappa shape index (κ2) is 4.01. The highest BCUT2D eigenvalue weighted by Gasteiger charge is 2.04. The van der Waals surface area contributed by atoms with Crippen LogP contribution >= 0.6 is 0 Å². The van der Waals surface area contributed by atoms with Gasteiger partial charge in [-0.1, -0.05) is 11.8 Å². The van der Waals surface area contributed by atoms with E-state index >= 15 is 0 Å². The lowest BCUT2D eigenvalue weighted by atomic mass is 10.1. The van der Waals surface area contributed by atoms with E-state index in [1.807, 2.05) is 0 Å². The molecule has 1 aromatic carbocycles. The molecule has 0 radical (unpaired) electrons. The van der Waals surface area contributed by atoms with E-state index in [1.54, 1.807) is 0 Å². The lowest BCUT2D eigenvalue weighted by molar-refractivity contribution is 0.350. The summed E-state index contributed by atoms with van der Waals surface area (Å²) in [4.78, 5) is 0. The molecule has 3 heteroatoms. The standard InChI is InChI=1S/C10H8F2O/c1-7-5-10(12)8(3-2-4-13)6-9(7)11/h5-6,13H,4H2,1H3. The SMILES string of the molecule is Cc1cc(F)c(C#CCO)cc1F. The fraction of sp³-hybridized carbons (Fsp3) is 0.200. The number of hydrogen-bond acceptors (Lipinski definition) is 1. The van der Waals surface area contributed by atoms with Crippen LogP contribution in [0.3, 0.4) is 0 Å². The van der Waals surface area contributed by atoms with Crippen LogP contribution in [-0.4, -0.2) is 11.7 Å². The Balaban J connectivity index is 3.16. The third kappa shape index (κ3) is 2.27. The Kier molecular flexibility index (Phi) is 2.99. The number of aryl methyl sites for hydroxylation is 1. The number of rotatable bonds is 0. The van der Waals surface area contributed by atoms with E-state index in [0.717, 1.165) is 12.1 Å². The van der Waals surface area contributed by atoms with Crippen LogP contribution in [0.2, 0.25) is 0 Å². The summed E-state index contributed by atoms with van der Waals surface area (Å²) in [5, 5.41) is 8.35. The molecule has 0 aliphatic carbocycles. The first-order valence-corrected chi connectivity index (χ1v) is 3.70. The van der Waals surface area contributed by atoms with Gasteiger partial charge < -0.3 is 5.11 Å². The lowest BCUT2D eigenvalue weighted by Gasteiger charge is -1.98. The summed E-state index contributed by atoms with van der Waals surface area (Å²) in [6, 6.07) is 2.10. The second-order valence-electron chi connectivity index (χ2n) is 2.54. The van der Waals surface area contributed by atoms with Crippen LogP contribution < -0.4 is 0 Å². The third-order valence-electron chi connectivity index (χ3n) is 1.55. The largest absolute Gasteiger partial charge is 0.384 e. The van der Waals surface area contributed by atoms with Crippen molar-refractivity contribution in [3.8, 4) is 11.8 Å². The molecule has 1 rings (SSSR count). The first kappa shape index (κ1) is 9.69. The molecule has 0 amide bonds. The molecule has 0 saturated heterocycles. The summed E-state index contributed by atoms with van der Waals surface area (Å²) in [5.74, 6) is 3.50. The molecule has 1 N–H and O–H groups in total. The van der Waals surface area contributed by atoms with Crippen LogP contribution in [0.5, 0.6) is 0 Å². The van der Waals surface area contributed by atoms with Gasteiger partial charge in [0, 0.05) is 0 Å². The predicted molar refractivity (Wildman–Crippen MR) is 45.1 cm³/mol. The number of aliphatic hydroxyl groups is 1. The number of benzene rings is 1. The van der Waals surface area contributed by atoms with Crippen molar-refractivity contribution in [2.24, 2.45) is 0 Å². The highest BCUT2D eigenvalue weighted by atomic mass is 19.1. The average molecular weight is 182 g/mol. The Morgan fingerprint density at radius 2 is 2.00 bits per heavy atom. The molecular weight excluding hydrogens is 174 g/mol. The summed E-state index contributed by atoms with van der Waals surface area (Å²) in [6.07, 6.45) is 0. The normalized spacial score (nSPS) is 9.23. The number of hydrogen-bond donors (Lipinski definition) is 1. The summed E-state index contributed by atoms with van der Waals surface area (Å²) in [5.41, 5.74) is 0.212. The van der Waals surface area contributed by atoms with Gasteiger partial charge in [-0.2, -0.15) is 0 Å². The fourth-order valence-electron chi connectivity index (χ4n) is 0.877. The molecule has 0 heterocycles. The average Bonchev–Trinajstić information content (AvgIpc) is 2.09. The highest BCUT2D eigenvalue weighted by molar-refractivity contribution is 5.38. The van der Waals surface area contributed by atoms with Gasteiger partial charge in [0.1, 0.15) is 18.2 Å². The zero-order valence-corrected chi connectivity index (χ0v) is 7.06. The van der Waals surface area contributed by atoms with E-state index < -0.39 is 11.6 Å². The molecule has 0 aliphatic heterocycles. The minimum Gasteiger partial charge on any atom is -0.384 e. The van der Waals surface area contributed by atoms with Gasteiger partial charge in [-0.3, -0.25) is 0 Å². The van der Waals surface area contributed by atoms with Crippen molar-refractivity contribution in [2.75, 3.05) is 6.61 Å². The Morgan fingerprint density at radius 1 is 1.31 bits per heavy atom. The summed E-state index contributed by atoms with van der Waals surface area (Å²) in [7, 11) is 0. The molecule has 0 atom stereocenters. The molecule has 0 aliphatic rings. The van der Waals surface area contributed by atoms with Crippen LogP contribution in [0.15, 0.2) is 12.1 Å². The van der Waals surface area contributed by atoms with Gasteiger partial charge >= 0.3 is 0 Å². The second-order valence-corrected chi connectivity index (χ2v) is 2.54. The van der Waals surface area contributed by atoms with Gasteiger partial charge in [-0.05, 0) is 24.6 Å². The molecule has 68 valence electrons. The van der Waals surface area contributed by atoms with Crippen molar-refractivity contribution in [3.63, 3.8) is 0 Å². The van der Waals surface area contributed by atoms with E-state index in [2.05, 4.69) is 11.8 Å². The molecule has 0 bridgehead atoms. The molecule has 0 fully saturated rings. The zero-order valence-electron chi connectivity index (χ0n) is 7.06. The van der Waals surface area contributed by atoms with E-state index in [9.17, 15) is 8.78 Å². The highest BCUT2D eigenvalue weighted by Crippen LogP contribution is 2.12. The maximum atomic E-state index is 13.0. The number of halogens is 2. The minimum atomic E-state index is -0.570. The molecule has 0 spiro atoms. The Labute approximate surface area is 75.0 Å². The molecule has 0 aromatic heterocycles. The fourth-order valence-corrected chi connectivity index (χ4v) is 0.877. The first-order valence-electron chi connectivity index (χ1n) is 3.70. The van der Waals surface area contributed by atoms with Crippen LogP contribution in [0.25, 0.3) is 0 Å². The lowest BCUT2D eigenvalue weighted by Crippen LogP contribution is -1.90. The molecule has 13 heavy (non-hydrogen) atoms. The van der Waals surface area contributed by atoms with Crippen molar-refractivity contribution in [3.05, 3.63) is 34.9 Å². The topological polar surface area (TPSA) is 20.2 Å². The van der Waals surface area contributed by atoms with E-state index in [0.29, 0.717) is 0 Å². The van der Waals surface area contributed by atoms with Gasteiger partial charge in [0.2, 0.25) is 0 Å². The quantitative estimate of drug-likeness (QED) is 0.604. The maximum Gasteiger partial charge on any atom is 0.139 e. The molecule has 1 aromatic rings. The summed E-state index contributed by atoms with van der Waals surface area (Å²) in [6.45, 7) is 1.11. The molecular formula is C10H8F2O. The maximum absolute atomic E-state index is 13.0. The first-order chi connectivity index (χ1) is 6.15. The monoisotopic (exact) mass is 182 g/mol. The van der Waals surface area contributed by atoms with E-state index in [4.69, 9.17) is 5.11 Å². The van der Waals surface area contributed by atoms with Gasteiger partial charge in [0.25, 0.3) is 0 Å². The van der Waals surface area contributed by atoms with Crippen molar-refractivity contribution in [2.45, 2.75) is 6.92 Å². The molecule has 0 saturated carbocycles. The van der Waals surface area contributed by atoms with E-state index in [-0.39, 0.29) is 17.7 Å². The summed E-state index contributed by atoms with van der Waals surface area (Å²) >= 11 is 0. The number of aliphatic hydroxyl groups excluding tert-OH is 1. The third-order valence-corrected chi connectivity index (χ3v) is 1.55. The summed E-state index contributed by atoms with van der Waals surface area (Å²) < 4.78 is 25.9. The van der Waals surface area contributed by atoms with Crippen molar-refractivity contribution in [1.82, 2.24) is 0 Å². The van der Waals surface area contributed by atoms with Crippen LogP contribution in [0, 0.1) is 30.4 Å².